The van der Waals surface area contributed by atoms with Gasteiger partial charge in [-0.1, -0.05) is 6.07 Å². The number of hydrogen-bond acceptors (Lipinski definition) is 4. The number of esters is 1. The summed E-state index contributed by atoms with van der Waals surface area (Å²) >= 11 is 0. The third-order valence-corrected chi connectivity index (χ3v) is 2.12. The molecule has 0 saturated carbocycles. The standard InChI is InChI=1S/C11H16N2O2/c1-8-4-5-10(13-6-8)7-12-9(2)11(14)15-3/h4-6,9,12H,7H2,1-3H3/t9-/m0/s1. The number of methoxy groups -OCH3 is 1. The number of hydrogen-bond donors (Lipinski definition) is 1. The molecule has 0 radical (unpaired) electrons. The molecule has 1 rings (SSSR count). The third-order valence-electron chi connectivity index (χ3n) is 2.12. The Bertz CT molecular complexity index is 322. The Balaban J connectivity index is 2.43. The molecule has 4 nitrogen and oxygen atoms in total. The number of nitrogens with one attached hydrogen (secondary N) is 1. The SMILES string of the molecule is COC(=O)[C@H](C)NCc1ccc(C)cn1. The Morgan fingerprint density at radius 2 is 2.33 bits per heavy atom. The van der Waals surface area contributed by atoms with Crippen LogP contribution in [-0.2, 0) is 16.1 Å². The second kappa shape index (κ2) is 5.46. The van der Waals surface area contributed by atoms with Gasteiger partial charge >= 0.3 is 5.97 Å². The summed E-state index contributed by atoms with van der Waals surface area (Å²) in [4.78, 5) is 15.3. The zero-order chi connectivity index (χ0) is 11.3. The van der Waals surface area contributed by atoms with Gasteiger partial charge in [0.25, 0.3) is 0 Å². The summed E-state index contributed by atoms with van der Waals surface area (Å²) in [6.45, 7) is 4.32. The molecule has 0 aromatic carbocycles. The molecular formula is C11H16N2O2. The minimum atomic E-state index is -0.307. The van der Waals surface area contributed by atoms with E-state index in [9.17, 15) is 4.79 Å². The van der Waals surface area contributed by atoms with Crippen LogP contribution in [0, 0.1) is 6.92 Å². The largest absolute Gasteiger partial charge is 0.468 e. The van der Waals surface area contributed by atoms with Gasteiger partial charge in [-0.2, -0.15) is 0 Å². The summed E-state index contributed by atoms with van der Waals surface area (Å²) in [6.07, 6.45) is 1.81. The smallest absolute Gasteiger partial charge is 0.322 e. The highest BCUT2D eigenvalue weighted by molar-refractivity contribution is 5.75. The lowest BCUT2D eigenvalue weighted by Crippen LogP contribution is -2.34. The van der Waals surface area contributed by atoms with Crippen molar-refractivity contribution in [1.82, 2.24) is 10.3 Å². The van der Waals surface area contributed by atoms with Crippen LogP contribution in [0.5, 0.6) is 0 Å². The fourth-order valence-corrected chi connectivity index (χ4v) is 1.12. The van der Waals surface area contributed by atoms with Gasteiger partial charge in [0, 0.05) is 12.7 Å². The number of nitrogens with zero attached hydrogens (tertiary/aromatic N) is 1. The lowest BCUT2D eigenvalue weighted by molar-refractivity contribution is -0.142. The van der Waals surface area contributed by atoms with Gasteiger partial charge < -0.3 is 4.74 Å². The first-order valence-electron chi connectivity index (χ1n) is 4.86. The highest BCUT2D eigenvalue weighted by atomic mass is 16.5. The molecule has 0 aliphatic rings. The molecule has 1 aromatic heterocycles. The number of pyridine rings is 1. The molecule has 0 saturated heterocycles. The summed E-state index contributed by atoms with van der Waals surface area (Å²) in [7, 11) is 1.38. The van der Waals surface area contributed by atoms with E-state index >= 15 is 0 Å². The van der Waals surface area contributed by atoms with Crippen molar-refractivity contribution in [2.24, 2.45) is 0 Å². The van der Waals surface area contributed by atoms with E-state index in [-0.39, 0.29) is 12.0 Å². The van der Waals surface area contributed by atoms with Crippen molar-refractivity contribution >= 4 is 5.97 Å². The Labute approximate surface area is 89.7 Å². The van der Waals surface area contributed by atoms with Crippen LogP contribution in [0.2, 0.25) is 0 Å². The average molecular weight is 208 g/mol. The molecule has 0 unspecified atom stereocenters. The Morgan fingerprint density at radius 3 is 2.87 bits per heavy atom. The molecule has 0 aliphatic carbocycles. The maximum absolute atomic E-state index is 11.1. The van der Waals surface area contributed by atoms with Crippen LogP contribution in [0.15, 0.2) is 18.3 Å². The lowest BCUT2D eigenvalue weighted by Gasteiger charge is -2.10. The number of rotatable bonds is 4. The van der Waals surface area contributed by atoms with Crippen LogP contribution in [0.1, 0.15) is 18.2 Å². The van der Waals surface area contributed by atoms with Crippen molar-refractivity contribution in [2.45, 2.75) is 26.4 Å². The average Bonchev–Trinajstić information content (AvgIpc) is 2.26. The van der Waals surface area contributed by atoms with Gasteiger partial charge in [0.2, 0.25) is 0 Å². The van der Waals surface area contributed by atoms with Crippen molar-refractivity contribution in [3.63, 3.8) is 0 Å². The van der Waals surface area contributed by atoms with Gasteiger partial charge in [-0.3, -0.25) is 15.1 Å². The van der Waals surface area contributed by atoms with Crippen LogP contribution < -0.4 is 5.32 Å². The van der Waals surface area contributed by atoms with Crippen molar-refractivity contribution < 1.29 is 9.53 Å². The molecule has 15 heavy (non-hydrogen) atoms. The minimum absolute atomic E-state index is 0.262. The number of aromatic nitrogens is 1. The number of carbonyl (C=O) groups is 1. The molecule has 4 heteroatoms. The van der Waals surface area contributed by atoms with E-state index in [1.807, 2.05) is 19.1 Å². The zero-order valence-electron chi connectivity index (χ0n) is 9.28. The van der Waals surface area contributed by atoms with Crippen molar-refractivity contribution in [3.05, 3.63) is 29.6 Å². The van der Waals surface area contributed by atoms with E-state index in [0.717, 1.165) is 11.3 Å². The first kappa shape index (κ1) is 11.7. The predicted molar refractivity (Wildman–Crippen MR) is 57.3 cm³/mol. The monoisotopic (exact) mass is 208 g/mol. The number of aryl methyl sites for hydroxylation is 1. The quantitative estimate of drug-likeness (QED) is 0.751. The topological polar surface area (TPSA) is 51.2 Å². The molecule has 82 valence electrons. The Morgan fingerprint density at radius 1 is 1.60 bits per heavy atom. The van der Waals surface area contributed by atoms with Crippen LogP contribution in [0.3, 0.4) is 0 Å². The van der Waals surface area contributed by atoms with Gasteiger partial charge in [-0.25, -0.2) is 0 Å². The Hall–Kier alpha value is -1.42. The Kier molecular flexibility index (Phi) is 4.24. The van der Waals surface area contributed by atoms with Gasteiger partial charge in [0.15, 0.2) is 0 Å². The normalized spacial score (nSPS) is 12.2. The van der Waals surface area contributed by atoms with Crippen molar-refractivity contribution in [3.8, 4) is 0 Å². The van der Waals surface area contributed by atoms with Gasteiger partial charge in [-0.15, -0.1) is 0 Å². The third kappa shape index (κ3) is 3.67. The molecule has 1 N–H and O–H groups in total. The summed E-state index contributed by atoms with van der Waals surface area (Å²) < 4.78 is 4.60. The van der Waals surface area contributed by atoms with Gasteiger partial charge in [-0.05, 0) is 25.5 Å². The van der Waals surface area contributed by atoms with Crippen molar-refractivity contribution in [1.29, 1.82) is 0 Å². The van der Waals surface area contributed by atoms with Crippen LogP contribution in [-0.4, -0.2) is 24.1 Å². The summed E-state index contributed by atoms with van der Waals surface area (Å²) in [5.74, 6) is -0.262. The molecule has 1 aromatic rings. The molecule has 1 atom stereocenters. The summed E-state index contributed by atoms with van der Waals surface area (Å²) in [5, 5.41) is 3.03. The van der Waals surface area contributed by atoms with Crippen LogP contribution in [0.25, 0.3) is 0 Å². The number of carbonyl (C=O) groups excluding carboxylic acids is 1. The zero-order valence-corrected chi connectivity index (χ0v) is 9.28. The minimum Gasteiger partial charge on any atom is -0.468 e. The highest BCUT2D eigenvalue weighted by Gasteiger charge is 2.11. The molecule has 0 bridgehead atoms. The van der Waals surface area contributed by atoms with Gasteiger partial charge in [0.05, 0.1) is 12.8 Å². The van der Waals surface area contributed by atoms with E-state index in [1.165, 1.54) is 7.11 Å². The van der Waals surface area contributed by atoms with Crippen LogP contribution >= 0.6 is 0 Å². The maximum Gasteiger partial charge on any atom is 0.322 e. The molecule has 0 aliphatic heterocycles. The highest BCUT2D eigenvalue weighted by Crippen LogP contribution is 1.98. The first-order valence-corrected chi connectivity index (χ1v) is 4.86. The molecular weight excluding hydrogens is 192 g/mol. The fourth-order valence-electron chi connectivity index (χ4n) is 1.12. The lowest BCUT2D eigenvalue weighted by atomic mass is 10.2. The summed E-state index contributed by atoms with van der Waals surface area (Å²) in [6, 6.07) is 3.62. The van der Waals surface area contributed by atoms with E-state index in [0.29, 0.717) is 6.54 Å². The van der Waals surface area contributed by atoms with Crippen molar-refractivity contribution in [2.75, 3.05) is 7.11 Å². The second-order valence-corrected chi connectivity index (χ2v) is 3.45. The molecule has 0 amide bonds. The number of ether oxygens (including phenoxy) is 1. The predicted octanol–water partition coefficient (Wildman–Crippen LogP) is 1.04. The van der Waals surface area contributed by atoms with E-state index in [4.69, 9.17) is 0 Å². The maximum atomic E-state index is 11.1. The van der Waals surface area contributed by atoms with Gasteiger partial charge in [0.1, 0.15) is 6.04 Å². The molecule has 0 spiro atoms. The fraction of sp³-hybridized carbons (Fsp3) is 0.455. The molecule has 0 fully saturated rings. The van der Waals surface area contributed by atoms with Crippen LogP contribution in [0.4, 0.5) is 0 Å². The second-order valence-electron chi connectivity index (χ2n) is 3.45. The van der Waals surface area contributed by atoms with E-state index in [1.54, 1.807) is 13.1 Å². The summed E-state index contributed by atoms with van der Waals surface area (Å²) in [5.41, 5.74) is 2.04. The molecule has 1 heterocycles. The van der Waals surface area contributed by atoms with E-state index < -0.39 is 0 Å². The van der Waals surface area contributed by atoms with E-state index in [2.05, 4.69) is 15.0 Å². The first-order chi connectivity index (χ1) is 7.13.